The average molecular weight is 349 g/mol. The number of benzene rings is 1. The van der Waals surface area contributed by atoms with Crippen molar-refractivity contribution in [1.82, 2.24) is 9.80 Å². The van der Waals surface area contributed by atoms with Crippen molar-refractivity contribution < 1.29 is 4.43 Å². The standard InChI is InChI=1S/C20H36N2OSi/c1-20(2,3)24(5,6)23-19-11-9-18(10-12-19)8-7-13-22-16-14-21(4)15-17-22/h9-12H,7-8,13-17H2,1-6H3. The molecule has 1 aliphatic heterocycles. The fourth-order valence-electron chi connectivity index (χ4n) is 2.75. The molecule has 0 saturated carbocycles. The summed E-state index contributed by atoms with van der Waals surface area (Å²) in [6.07, 6.45) is 2.40. The maximum absolute atomic E-state index is 6.36. The highest BCUT2D eigenvalue weighted by molar-refractivity contribution is 6.74. The van der Waals surface area contributed by atoms with Crippen molar-refractivity contribution in [2.45, 2.75) is 51.7 Å². The quantitative estimate of drug-likeness (QED) is 0.715. The molecule has 1 saturated heterocycles. The van der Waals surface area contributed by atoms with Gasteiger partial charge in [0.05, 0.1) is 0 Å². The summed E-state index contributed by atoms with van der Waals surface area (Å²) in [5.41, 5.74) is 1.42. The summed E-state index contributed by atoms with van der Waals surface area (Å²) in [6.45, 7) is 17.5. The first kappa shape index (κ1) is 19.5. The van der Waals surface area contributed by atoms with Gasteiger partial charge in [0, 0.05) is 26.2 Å². The summed E-state index contributed by atoms with van der Waals surface area (Å²) >= 11 is 0. The molecule has 1 aliphatic rings. The minimum atomic E-state index is -1.73. The van der Waals surface area contributed by atoms with Crippen molar-refractivity contribution in [3.63, 3.8) is 0 Å². The molecule has 0 bridgehead atoms. The van der Waals surface area contributed by atoms with E-state index in [0.717, 1.165) is 12.2 Å². The van der Waals surface area contributed by atoms with Crippen LogP contribution in [0.15, 0.2) is 24.3 Å². The van der Waals surface area contributed by atoms with Gasteiger partial charge < -0.3 is 14.2 Å². The minimum absolute atomic E-state index is 0.244. The van der Waals surface area contributed by atoms with E-state index in [9.17, 15) is 0 Å². The fraction of sp³-hybridized carbons (Fsp3) is 0.700. The molecule has 1 aromatic carbocycles. The topological polar surface area (TPSA) is 15.7 Å². The predicted molar refractivity (Wildman–Crippen MR) is 107 cm³/mol. The first-order chi connectivity index (χ1) is 11.2. The summed E-state index contributed by atoms with van der Waals surface area (Å²) in [4.78, 5) is 5.01. The number of rotatable bonds is 6. The van der Waals surface area contributed by atoms with E-state index in [1.807, 2.05) is 0 Å². The Morgan fingerprint density at radius 2 is 1.58 bits per heavy atom. The normalized spacial score (nSPS) is 17.9. The number of hydrogen-bond acceptors (Lipinski definition) is 3. The monoisotopic (exact) mass is 348 g/mol. The van der Waals surface area contributed by atoms with Crippen molar-refractivity contribution >= 4 is 8.32 Å². The zero-order valence-electron chi connectivity index (χ0n) is 16.6. The van der Waals surface area contributed by atoms with Crippen molar-refractivity contribution in [2.24, 2.45) is 0 Å². The summed E-state index contributed by atoms with van der Waals surface area (Å²) < 4.78 is 6.36. The van der Waals surface area contributed by atoms with E-state index in [0.29, 0.717) is 0 Å². The highest BCUT2D eigenvalue weighted by Crippen LogP contribution is 2.37. The zero-order chi connectivity index (χ0) is 17.8. The lowest BCUT2D eigenvalue weighted by molar-refractivity contribution is 0.153. The molecular formula is C20H36N2OSi. The zero-order valence-corrected chi connectivity index (χ0v) is 17.6. The molecule has 0 aliphatic carbocycles. The average Bonchev–Trinajstić information content (AvgIpc) is 2.49. The van der Waals surface area contributed by atoms with Gasteiger partial charge in [0.2, 0.25) is 8.32 Å². The van der Waals surface area contributed by atoms with Crippen LogP contribution in [0.5, 0.6) is 5.75 Å². The van der Waals surface area contributed by atoms with E-state index < -0.39 is 8.32 Å². The summed E-state index contributed by atoms with van der Waals surface area (Å²) in [7, 11) is 0.486. The van der Waals surface area contributed by atoms with Crippen molar-refractivity contribution in [2.75, 3.05) is 39.8 Å². The maximum Gasteiger partial charge on any atom is 0.250 e. The number of nitrogens with zero attached hydrogens (tertiary/aromatic N) is 2. The van der Waals surface area contributed by atoms with Crippen LogP contribution in [-0.2, 0) is 6.42 Å². The van der Waals surface area contributed by atoms with Gasteiger partial charge in [-0.05, 0) is 62.3 Å². The first-order valence-electron chi connectivity index (χ1n) is 9.36. The second kappa shape index (κ2) is 8.02. The van der Waals surface area contributed by atoms with Gasteiger partial charge in [0.25, 0.3) is 0 Å². The molecule has 0 N–H and O–H groups in total. The Bertz CT molecular complexity index is 499. The SMILES string of the molecule is CN1CCN(CCCc2ccc(O[Si](C)(C)C(C)(C)C)cc2)CC1. The van der Waals surface area contributed by atoms with Crippen LogP contribution in [0.3, 0.4) is 0 Å². The molecule has 4 heteroatoms. The lowest BCUT2D eigenvalue weighted by atomic mass is 10.1. The van der Waals surface area contributed by atoms with Gasteiger partial charge in [-0.15, -0.1) is 0 Å². The molecule has 0 atom stereocenters. The first-order valence-corrected chi connectivity index (χ1v) is 12.3. The fourth-order valence-corrected chi connectivity index (χ4v) is 3.78. The third kappa shape index (κ3) is 5.61. The Hall–Kier alpha value is -0.843. The molecule has 24 heavy (non-hydrogen) atoms. The lowest BCUT2D eigenvalue weighted by Crippen LogP contribution is -2.44. The van der Waals surface area contributed by atoms with Gasteiger partial charge in [0.15, 0.2) is 0 Å². The van der Waals surface area contributed by atoms with Crippen LogP contribution in [-0.4, -0.2) is 57.9 Å². The van der Waals surface area contributed by atoms with Gasteiger partial charge in [-0.25, -0.2) is 0 Å². The molecule has 1 aromatic rings. The van der Waals surface area contributed by atoms with Gasteiger partial charge >= 0.3 is 0 Å². The van der Waals surface area contributed by atoms with Gasteiger partial charge in [0.1, 0.15) is 5.75 Å². The second-order valence-corrected chi connectivity index (χ2v) is 13.5. The third-order valence-electron chi connectivity index (χ3n) is 5.64. The van der Waals surface area contributed by atoms with Crippen molar-refractivity contribution in [3.05, 3.63) is 29.8 Å². The van der Waals surface area contributed by atoms with Gasteiger partial charge in [-0.3, -0.25) is 0 Å². The number of hydrogen-bond donors (Lipinski definition) is 0. The molecule has 0 spiro atoms. The molecule has 0 unspecified atom stereocenters. The Morgan fingerprint density at radius 3 is 2.12 bits per heavy atom. The third-order valence-corrected chi connectivity index (χ3v) is 10.00. The maximum atomic E-state index is 6.36. The number of aryl methyl sites for hydroxylation is 1. The van der Waals surface area contributed by atoms with Gasteiger partial charge in [-0.2, -0.15) is 0 Å². The molecular weight excluding hydrogens is 312 g/mol. The largest absolute Gasteiger partial charge is 0.544 e. The second-order valence-electron chi connectivity index (χ2n) is 8.75. The number of piperazine rings is 1. The van der Waals surface area contributed by atoms with Crippen molar-refractivity contribution in [1.29, 1.82) is 0 Å². The highest BCUT2D eigenvalue weighted by Gasteiger charge is 2.38. The summed E-state index contributed by atoms with van der Waals surface area (Å²) in [5, 5.41) is 0.244. The van der Waals surface area contributed by atoms with Crippen LogP contribution in [0.1, 0.15) is 32.8 Å². The van der Waals surface area contributed by atoms with Crippen LogP contribution < -0.4 is 4.43 Å². The van der Waals surface area contributed by atoms with E-state index >= 15 is 0 Å². The smallest absolute Gasteiger partial charge is 0.250 e. The van der Waals surface area contributed by atoms with Crippen LogP contribution >= 0.6 is 0 Å². The van der Waals surface area contributed by atoms with E-state index in [1.165, 1.54) is 44.7 Å². The van der Waals surface area contributed by atoms with Crippen LogP contribution in [0, 0.1) is 0 Å². The molecule has 1 heterocycles. The van der Waals surface area contributed by atoms with Crippen LogP contribution in [0.25, 0.3) is 0 Å². The van der Waals surface area contributed by atoms with E-state index in [1.54, 1.807) is 0 Å². The van der Waals surface area contributed by atoms with E-state index in [2.05, 4.69) is 75.0 Å². The van der Waals surface area contributed by atoms with Crippen LogP contribution in [0.4, 0.5) is 0 Å². The van der Waals surface area contributed by atoms with Crippen LogP contribution in [0.2, 0.25) is 18.1 Å². The highest BCUT2D eigenvalue weighted by atomic mass is 28.4. The summed E-state index contributed by atoms with van der Waals surface area (Å²) in [6, 6.07) is 8.80. The predicted octanol–water partition coefficient (Wildman–Crippen LogP) is 4.25. The Kier molecular flexibility index (Phi) is 6.51. The molecule has 0 amide bonds. The van der Waals surface area contributed by atoms with Crippen molar-refractivity contribution in [3.8, 4) is 5.75 Å². The van der Waals surface area contributed by atoms with E-state index in [4.69, 9.17) is 4.43 Å². The number of likely N-dealkylation sites (N-methyl/N-ethyl adjacent to an activating group) is 1. The summed E-state index contributed by atoms with van der Waals surface area (Å²) in [5.74, 6) is 1.03. The Balaban J connectivity index is 1.78. The van der Waals surface area contributed by atoms with E-state index in [-0.39, 0.29) is 5.04 Å². The minimum Gasteiger partial charge on any atom is -0.544 e. The molecule has 1 fully saturated rings. The lowest BCUT2D eigenvalue weighted by Gasteiger charge is -2.36. The molecule has 0 radical (unpaired) electrons. The molecule has 136 valence electrons. The Labute approximate surface area is 150 Å². The van der Waals surface area contributed by atoms with Gasteiger partial charge in [-0.1, -0.05) is 32.9 Å². The molecule has 2 rings (SSSR count). The molecule has 0 aromatic heterocycles. The molecule has 3 nitrogen and oxygen atoms in total. The Morgan fingerprint density at radius 1 is 1.00 bits per heavy atom.